The number of hydrogen-bond acceptors (Lipinski definition) is 6. The average Bonchev–Trinajstić information content (AvgIpc) is 3.58. The molecule has 0 radical (unpaired) electrons. The topological polar surface area (TPSA) is 108 Å². The Kier molecular flexibility index (Phi) is 6.29. The second-order valence-electron chi connectivity index (χ2n) is 7.83. The van der Waals surface area contributed by atoms with E-state index in [1.54, 1.807) is 0 Å². The molecule has 0 aliphatic heterocycles. The van der Waals surface area contributed by atoms with Crippen molar-refractivity contribution in [2.75, 3.05) is 18.1 Å². The third kappa shape index (κ3) is 6.60. The molecule has 1 aromatic carbocycles. The fourth-order valence-corrected chi connectivity index (χ4v) is 4.82. The molecular formula is C19H22F3N3O4S. The van der Waals surface area contributed by atoms with Gasteiger partial charge in [0.15, 0.2) is 9.84 Å². The lowest BCUT2D eigenvalue weighted by Crippen LogP contribution is -2.54. The maximum atomic E-state index is 14.2. The summed E-state index contributed by atoms with van der Waals surface area (Å²) < 4.78 is 70.5. The van der Waals surface area contributed by atoms with E-state index in [2.05, 4.69) is 15.4 Å². The molecule has 7 nitrogen and oxygen atoms in total. The third-order valence-corrected chi connectivity index (χ3v) is 6.71. The number of hydrogen-bond donors (Lipinski definition) is 2. The van der Waals surface area contributed by atoms with E-state index in [0.29, 0.717) is 12.8 Å². The fourth-order valence-electron chi connectivity index (χ4n) is 2.86. The average molecular weight is 445 g/mol. The number of benzene rings is 1. The lowest BCUT2D eigenvalue weighted by Gasteiger charge is -2.24. The number of halogens is 3. The predicted molar refractivity (Wildman–Crippen MR) is 101 cm³/mol. The van der Waals surface area contributed by atoms with Crippen molar-refractivity contribution in [3.8, 4) is 11.8 Å². The van der Waals surface area contributed by atoms with Gasteiger partial charge in [-0.2, -0.15) is 14.0 Å². The Morgan fingerprint density at radius 3 is 2.47 bits per heavy atom. The van der Waals surface area contributed by atoms with Crippen LogP contribution in [-0.2, 0) is 14.6 Å². The molecule has 0 bridgehead atoms. The van der Waals surface area contributed by atoms with Crippen molar-refractivity contribution < 1.29 is 31.1 Å². The molecule has 11 heteroatoms. The molecule has 0 saturated heterocycles. The molecule has 1 atom stereocenters. The van der Waals surface area contributed by atoms with Crippen LogP contribution in [0.15, 0.2) is 24.3 Å². The van der Waals surface area contributed by atoms with E-state index in [0.717, 1.165) is 37.1 Å². The molecule has 0 heterocycles. The SMILES string of the molecule is N#CC1(NC(=O)C(CS(=O)(=O)CC2CC2)NCC(F)(F)Oc2ccc(F)cc2)CC1. The summed E-state index contributed by atoms with van der Waals surface area (Å²) in [6.45, 7) is -1.15. The minimum absolute atomic E-state index is 0.0378. The third-order valence-electron chi connectivity index (χ3n) is 4.89. The highest BCUT2D eigenvalue weighted by Crippen LogP contribution is 2.34. The lowest BCUT2D eigenvalue weighted by atomic mass is 10.2. The highest BCUT2D eigenvalue weighted by molar-refractivity contribution is 7.91. The van der Waals surface area contributed by atoms with Crippen LogP contribution in [0.3, 0.4) is 0 Å². The van der Waals surface area contributed by atoms with E-state index < -0.39 is 51.5 Å². The van der Waals surface area contributed by atoms with Crippen molar-refractivity contribution in [2.24, 2.45) is 5.92 Å². The number of sulfone groups is 1. The van der Waals surface area contributed by atoms with Gasteiger partial charge in [-0.25, -0.2) is 12.8 Å². The number of alkyl halides is 2. The van der Waals surface area contributed by atoms with Crippen molar-refractivity contribution in [3.05, 3.63) is 30.1 Å². The van der Waals surface area contributed by atoms with Crippen LogP contribution < -0.4 is 15.4 Å². The first kappa shape index (κ1) is 22.4. The normalized spacial score (nSPS) is 18.9. The minimum atomic E-state index is -3.79. The molecule has 2 aliphatic carbocycles. The van der Waals surface area contributed by atoms with Crippen LogP contribution in [0.2, 0.25) is 0 Å². The van der Waals surface area contributed by atoms with Crippen LogP contribution in [0.4, 0.5) is 13.2 Å². The fraction of sp³-hybridized carbons (Fsp3) is 0.579. The monoisotopic (exact) mass is 445 g/mol. The Labute approximate surface area is 172 Å². The first-order valence-corrected chi connectivity index (χ1v) is 11.3. The maximum absolute atomic E-state index is 14.2. The number of nitriles is 1. The van der Waals surface area contributed by atoms with Crippen molar-refractivity contribution in [2.45, 2.75) is 43.4 Å². The quantitative estimate of drug-likeness (QED) is 0.537. The number of rotatable bonds is 11. The van der Waals surface area contributed by atoms with Gasteiger partial charge in [0.2, 0.25) is 5.91 Å². The van der Waals surface area contributed by atoms with Crippen LogP contribution in [0, 0.1) is 23.1 Å². The number of nitrogens with one attached hydrogen (secondary N) is 2. The number of carbonyl (C=O) groups excluding carboxylic acids is 1. The second-order valence-corrected chi connectivity index (χ2v) is 9.98. The van der Waals surface area contributed by atoms with Gasteiger partial charge in [0.05, 0.1) is 17.6 Å². The van der Waals surface area contributed by atoms with E-state index in [1.807, 2.05) is 6.07 Å². The highest BCUT2D eigenvalue weighted by atomic mass is 32.2. The first-order valence-electron chi connectivity index (χ1n) is 9.51. The van der Waals surface area contributed by atoms with Crippen LogP contribution in [0.5, 0.6) is 5.75 Å². The zero-order valence-corrected chi connectivity index (χ0v) is 16.9. The molecule has 2 saturated carbocycles. The molecule has 164 valence electrons. The van der Waals surface area contributed by atoms with Gasteiger partial charge in [0, 0.05) is 0 Å². The predicted octanol–water partition coefficient (Wildman–Crippen LogP) is 1.75. The molecule has 1 unspecified atom stereocenters. The van der Waals surface area contributed by atoms with Crippen molar-refractivity contribution in [1.29, 1.82) is 5.26 Å². The molecule has 0 spiro atoms. The van der Waals surface area contributed by atoms with Gasteiger partial charge in [-0.05, 0) is 55.9 Å². The number of ether oxygens (including phenoxy) is 1. The number of carbonyl (C=O) groups is 1. The largest absolute Gasteiger partial charge is 0.432 e. The summed E-state index contributed by atoms with van der Waals surface area (Å²) in [5.41, 5.74) is -1.07. The van der Waals surface area contributed by atoms with Gasteiger partial charge >= 0.3 is 6.11 Å². The Balaban J connectivity index is 1.65. The van der Waals surface area contributed by atoms with E-state index in [1.165, 1.54) is 0 Å². The zero-order valence-electron chi connectivity index (χ0n) is 16.0. The Bertz CT molecular complexity index is 923. The number of amides is 1. The van der Waals surface area contributed by atoms with E-state index in [-0.39, 0.29) is 17.4 Å². The van der Waals surface area contributed by atoms with Gasteiger partial charge in [-0.1, -0.05) is 0 Å². The smallest absolute Gasteiger partial charge is 0.410 e. The number of nitrogens with zero attached hydrogens (tertiary/aromatic N) is 1. The second kappa shape index (κ2) is 8.43. The Morgan fingerprint density at radius 1 is 1.30 bits per heavy atom. The molecule has 0 aromatic heterocycles. The minimum Gasteiger partial charge on any atom is -0.432 e. The molecule has 2 N–H and O–H groups in total. The van der Waals surface area contributed by atoms with Gasteiger partial charge in [0.25, 0.3) is 0 Å². The summed E-state index contributed by atoms with van der Waals surface area (Å²) >= 11 is 0. The van der Waals surface area contributed by atoms with Crippen molar-refractivity contribution >= 4 is 15.7 Å². The molecule has 2 fully saturated rings. The molecule has 1 amide bonds. The summed E-state index contributed by atoms with van der Waals surface area (Å²) in [4.78, 5) is 12.5. The van der Waals surface area contributed by atoms with Gasteiger partial charge < -0.3 is 10.1 Å². The van der Waals surface area contributed by atoms with Gasteiger partial charge in [-0.15, -0.1) is 0 Å². The lowest BCUT2D eigenvalue weighted by molar-refractivity contribution is -0.172. The Hall–Kier alpha value is -2.32. The van der Waals surface area contributed by atoms with Crippen molar-refractivity contribution in [3.63, 3.8) is 0 Å². The van der Waals surface area contributed by atoms with Crippen molar-refractivity contribution in [1.82, 2.24) is 10.6 Å². The Morgan fingerprint density at radius 2 is 1.93 bits per heavy atom. The maximum Gasteiger partial charge on any atom is 0.410 e. The molecule has 3 rings (SSSR count). The van der Waals surface area contributed by atoms with E-state index in [4.69, 9.17) is 5.26 Å². The first-order chi connectivity index (χ1) is 14.0. The summed E-state index contributed by atoms with van der Waals surface area (Å²) in [5.74, 6) is -2.46. The summed E-state index contributed by atoms with van der Waals surface area (Å²) in [7, 11) is -3.67. The molecular weight excluding hydrogens is 423 g/mol. The summed E-state index contributed by atoms with van der Waals surface area (Å²) in [6, 6.07) is 4.43. The van der Waals surface area contributed by atoms with E-state index >= 15 is 0 Å². The van der Waals surface area contributed by atoms with Crippen LogP contribution >= 0.6 is 0 Å². The molecule has 30 heavy (non-hydrogen) atoms. The summed E-state index contributed by atoms with van der Waals surface area (Å²) in [6.07, 6.45) is -1.39. The van der Waals surface area contributed by atoms with E-state index in [9.17, 15) is 26.4 Å². The summed E-state index contributed by atoms with van der Waals surface area (Å²) in [5, 5.41) is 13.8. The van der Waals surface area contributed by atoms with Gasteiger partial charge in [-0.3, -0.25) is 10.1 Å². The molecule has 1 aromatic rings. The highest BCUT2D eigenvalue weighted by Gasteiger charge is 2.46. The molecule has 2 aliphatic rings. The van der Waals surface area contributed by atoms with Gasteiger partial charge in [0.1, 0.15) is 29.7 Å². The standard InChI is InChI=1S/C19H22F3N3O4S/c20-14-3-5-15(6-4-14)29-19(21,22)12-24-16(10-30(27,28)9-13-1-2-13)17(26)25-18(11-23)7-8-18/h3-6,13,16,24H,1-2,7-10,12H2,(H,25,26). The van der Waals surface area contributed by atoms with Crippen LogP contribution in [-0.4, -0.2) is 50.1 Å². The van der Waals surface area contributed by atoms with Crippen LogP contribution in [0.25, 0.3) is 0 Å². The zero-order chi connectivity index (χ0) is 22.0. The van der Waals surface area contributed by atoms with Crippen LogP contribution in [0.1, 0.15) is 25.7 Å².